The molecule has 2 N–H and O–H groups in total. The van der Waals surface area contributed by atoms with Crippen molar-refractivity contribution in [1.29, 1.82) is 0 Å². The third kappa shape index (κ3) is 6.65. The van der Waals surface area contributed by atoms with Gasteiger partial charge < -0.3 is 10.6 Å². The molecular formula is C24H23ClN2O2S. The number of carbonyl (C=O) groups is 2. The number of hydrogen-bond acceptors (Lipinski definition) is 3. The van der Waals surface area contributed by atoms with E-state index in [-0.39, 0.29) is 17.9 Å². The van der Waals surface area contributed by atoms with E-state index < -0.39 is 0 Å². The fourth-order valence-electron chi connectivity index (χ4n) is 2.93. The Balaban J connectivity index is 1.51. The van der Waals surface area contributed by atoms with Crippen molar-refractivity contribution < 1.29 is 9.59 Å². The SMILES string of the molecule is CC(NC(=O)CSCc1cccc(Cl)c1)c1cccc(NC(=O)c2ccccc2)c1. The van der Waals surface area contributed by atoms with Gasteiger partial charge in [-0.15, -0.1) is 11.8 Å². The second kappa shape index (κ2) is 10.9. The van der Waals surface area contributed by atoms with Crippen LogP contribution in [0.1, 0.15) is 34.5 Å². The summed E-state index contributed by atoms with van der Waals surface area (Å²) in [5, 5.41) is 6.60. The second-order valence-corrected chi connectivity index (χ2v) is 8.28. The first kappa shape index (κ1) is 21.9. The van der Waals surface area contributed by atoms with E-state index >= 15 is 0 Å². The highest BCUT2D eigenvalue weighted by molar-refractivity contribution is 7.99. The molecule has 0 aliphatic carbocycles. The normalized spacial score (nSPS) is 11.5. The van der Waals surface area contributed by atoms with E-state index in [2.05, 4.69) is 10.6 Å². The van der Waals surface area contributed by atoms with Crippen LogP contribution in [0.3, 0.4) is 0 Å². The predicted molar refractivity (Wildman–Crippen MR) is 125 cm³/mol. The fourth-order valence-corrected chi connectivity index (χ4v) is 3.93. The zero-order valence-corrected chi connectivity index (χ0v) is 18.2. The predicted octanol–water partition coefficient (Wildman–Crippen LogP) is 5.70. The van der Waals surface area contributed by atoms with Crippen molar-refractivity contribution in [2.45, 2.75) is 18.7 Å². The molecule has 0 saturated carbocycles. The van der Waals surface area contributed by atoms with Gasteiger partial charge in [0.25, 0.3) is 5.91 Å². The van der Waals surface area contributed by atoms with Crippen molar-refractivity contribution in [2.75, 3.05) is 11.1 Å². The van der Waals surface area contributed by atoms with Crippen LogP contribution in [-0.2, 0) is 10.5 Å². The van der Waals surface area contributed by atoms with Crippen molar-refractivity contribution in [3.63, 3.8) is 0 Å². The van der Waals surface area contributed by atoms with Gasteiger partial charge in [0.2, 0.25) is 5.91 Å². The van der Waals surface area contributed by atoms with Crippen molar-refractivity contribution in [2.24, 2.45) is 0 Å². The van der Waals surface area contributed by atoms with Gasteiger partial charge >= 0.3 is 0 Å². The molecular weight excluding hydrogens is 416 g/mol. The van der Waals surface area contributed by atoms with E-state index in [1.807, 2.05) is 73.7 Å². The largest absolute Gasteiger partial charge is 0.349 e. The fraction of sp³-hybridized carbons (Fsp3) is 0.167. The molecule has 0 aromatic heterocycles. The van der Waals surface area contributed by atoms with Gasteiger partial charge in [0.15, 0.2) is 0 Å². The first-order valence-electron chi connectivity index (χ1n) is 9.59. The molecule has 0 fully saturated rings. The van der Waals surface area contributed by atoms with E-state index in [0.717, 1.165) is 16.9 Å². The third-order valence-corrected chi connectivity index (χ3v) is 5.69. The monoisotopic (exact) mass is 438 g/mol. The summed E-state index contributed by atoms with van der Waals surface area (Å²) in [6.07, 6.45) is 0. The second-order valence-electron chi connectivity index (χ2n) is 6.86. The van der Waals surface area contributed by atoms with Crippen LogP contribution in [0.25, 0.3) is 0 Å². The number of thioether (sulfide) groups is 1. The number of amides is 2. The Morgan fingerprint density at radius 2 is 1.73 bits per heavy atom. The molecule has 0 heterocycles. The van der Waals surface area contributed by atoms with E-state index in [0.29, 0.717) is 22.0 Å². The topological polar surface area (TPSA) is 58.2 Å². The van der Waals surface area contributed by atoms with Gasteiger partial charge in [-0.2, -0.15) is 0 Å². The Kier molecular flexibility index (Phi) is 7.94. The first-order chi connectivity index (χ1) is 14.5. The van der Waals surface area contributed by atoms with Crippen LogP contribution < -0.4 is 10.6 Å². The van der Waals surface area contributed by atoms with Crippen molar-refractivity contribution in [1.82, 2.24) is 5.32 Å². The van der Waals surface area contributed by atoms with Gasteiger partial charge in [-0.3, -0.25) is 9.59 Å². The summed E-state index contributed by atoms with van der Waals surface area (Å²) in [5.74, 6) is 0.889. The molecule has 0 aliphatic heterocycles. The smallest absolute Gasteiger partial charge is 0.255 e. The molecule has 0 radical (unpaired) electrons. The Hall–Kier alpha value is -2.76. The minimum Gasteiger partial charge on any atom is -0.349 e. The lowest BCUT2D eigenvalue weighted by atomic mass is 10.1. The van der Waals surface area contributed by atoms with Crippen LogP contribution in [0.5, 0.6) is 0 Å². The maximum atomic E-state index is 12.3. The summed E-state index contributed by atoms with van der Waals surface area (Å²) < 4.78 is 0. The summed E-state index contributed by atoms with van der Waals surface area (Å²) in [6.45, 7) is 1.93. The zero-order chi connectivity index (χ0) is 21.3. The van der Waals surface area contributed by atoms with Gasteiger partial charge in [0.05, 0.1) is 11.8 Å². The summed E-state index contributed by atoms with van der Waals surface area (Å²) in [4.78, 5) is 24.6. The molecule has 3 rings (SSSR count). The molecule has 6 heteroatoms. The summed E-state index contributed by atoms with van der Waals surface area (Å²) in [6, 6.07) is 24.0. The highest BCUT2D eigenvalue weighted by atomic mass is 35.5. The van der Waals surface area contributed by atoms with Gasteiger partial charge in [0, 0.05) is 22.0 Å². The van der Waals surface area contributed by atoms with Gasteiger partial charge in [-0.1, -0.05) is 54.1 Å². The molecule has 0 aliphatic rings. The standard InChI is InChI=1S/C24H23ClN2O2S/c1-17(26-23(28)16-30-15-18-7-5-11-21(25)13-18)20-10-6-12-22(14-20)27-24(29)19-8-3-2-4-9-19/h2-14,17H,15-16H2,1H3,(H,26,28)(H,27,29). The third-order valence-electron chi connectivity index (χ3n) is 4.45. The average molecular weight is 439 g/mol. The highest BCUT2D eigenvalue weighted by Gasteiger charge is 2.12. The first-order valence-corrected chi connectivity index (χ1v) is 11.1. The van der Waals surface area contributed by atoms with Crippen LogP contribution in [0.2, 0.25) is 5.02 Å². The lowest BCUT2D eigenvalue weighted by Gasteiger charge is -2.16. The van der Waals surface area contributed by atoms with E-state index in [1.165, 1.54) is 0 Å². The number of hydrogen-bond donors (Lipinski definition) is 2. The van der Waals surface area contributed by atoms with Crippen molar-refractivity contribution in [3.05, 3.63) is 101 Å². The quantitative estimate of drug-likeness (QED) is 0.474. The van der Waals surface area contributed by atoms with Crippen LogP contribution in [-0.4, -0.2) is 17.6 Å². The number of anilines is 1. The van der Waals surface area contributed by atoms with Crippen LogP contribution in [0.15, 0.2) is 78.9 Å². The Bertz CT molecular complexity index is 1010. The molecule has 3 aromatic rings. The molecule has 154 valence electrons. The Morgan fingerprint density at radius 1 is 0.967 bits per heavy atom. The van der Waals surface area contributed by atoms with E-state index in [1.54, 1.807) is 23.9 Å². The number of rotatable bonds is 8. The van der Waals surface area contributed by atoms with Gasteiger partial charge in [-0.25, -0.2) is 0 Å². The average Bonchev–Trinajstić information content (AvgIpc) is 2.74. The molecule has 30 heavy (non-hydrogen) atoms. The molecule has 1 unspecified atom stereocenters. The molecule has 1 atom stereocenters. The van der Waals surface area contributed by atoms with Gasteiger partial charge in [-0.05, 0) is 54.4 Å². The van der Waals surface area contributed by atoms with Crippen molar-refractivity contribution in [3.8, 4) is 0 Å². The molecule has 3 aromatic carbocycles. The lowest BCUT2D eigenvalue weighted by molar-refractivity contribution is -0.119. The Labute approximate surface area is 186 Å². The molecule has 0 spiro atoms. The molecule has 2 amide bonds. The highest BCUT2D eigenvalue weighted by Crippen LogP contribution is 2.20. The summed E-state index contributed by atoms with van der Waals surface area (Å²) in [5.41, 5.74) is 3.31. The van der Waals surface area contributed by atoms with Crippen LogP contribution in [0, 0.1) is 0 Å². The van der Waals surface area contributed by atoms with E-state index in [9.17, 15) is 9.59 Å². The maximum Gasteiger partial charge on any atom is 0.255 e. The van der Waals surface area contributed by atoms with E-state index in [4.69, 9.17) is 11.6 Å². The maximum absolute atomic E-state index is 12.3. The molecule has 0 saturated heterocycles. The number of halogens is 1. The number of nitrogens with one attached hydrogen (secondary N) is 2. The number of carbonyl (C=O) groups excluding carboxylic acids is 2. The molecule has 4 nitrogen and oxygen atoms in total. The minimum atomic E-state index is -0.169. The Morgan fingerprint density at radius 3 is 2.50 bits per heavy atom. The minimum absolute atomic E-state index is 0.0340. The molecule has 0 bridgehead atoms. The van der Waals surface area contributed by atoms with Crippen LogP contribution >= 0.6 is 23.4 Å². The number of benzene rings is 3. The lowest BCUT2D eigenvalue weighted by Crippen LogP contribution is -2.28. The zero-order valence-electron chi connectivity index (χ0n) is 16.6. The summed E-state index contributed by atoms with van der Waals surface area (Å²) in [7, 11) is 0. The summed E-state index contributed by atoms with van der Waals surface area (Å²) >= 11 is 7.53. The van der Waals surface area contributed by atoms with Gasteiger partial charge in [0.1, 0.15) is 0 Å². The van der Waals surface area contributed by atoms with Crippen molar-refractivity contribution >= 4 is 40.9 Å². The van der Waals surface area contributed by atoms with Crippen LogP contribution in [0.4, 0.5) is 5.69 Å².